The van der Waals surface area contributed by atoms with E-state index < -0.39 is 28.7 Å². The van der Waals surface area contributed by atoms with Gasteiger partial charge in [0.05, 0.1) is 11.1 Å². The Morgan fingerprint density at radius 2 is 1.64 bits per heavy atom. The lowest BCUT2D eigenvalue weighted by Gasteiger charge is -2.52. The molecule has 0 unspecified atom stereocenters. The average molecular weight is 612 g/mol. The van der Waals surface area contributed by atoms with Gasteiger partial charge in [0, 0.05) is 34.0 Å². The molecule has 1 saturated heterocycles. The fraction of sp³-hybridized carbons (Fsp3) is 0.559. The lowest BCUT2D eigenvalue weighted by Crippen LogP contribution is -2.60. The van der Waals surface area contributed by atoms with Crippen LogP contribution in [0.2, 0.25) is 10.0 Å². The number of anilines is 1. The minimum Gasteiger partial charge on any atom is -0.325 e. The molecule has 3 atom stereocenters. The first-order valence-electron chi connectivity index (χ1n) is 15.4. The normalized spacial score (nSPS) is 34.5. The number of carbonyl (C=O) groups is 3. The van der Waals surface area contributed by atoms with Gasteiger partial charge in [0.1, 0.15) is 17.0 Å². The quantitative estimate of drug-likeness (QED) is 0.364. The molecule has 2 bridgehead atoms. The van der Waals surface area contributed by atoms with E-state index >= 15 is 4.39 Å². The van der Waals surface area contributed by atoms with E-state index in [2.05, 4.69) is 10.6 Å². The molecular weight excluding hydrogens is 574 g/mol. The molecule has 42 heavy (non-hydrogen) atoms. The lowest BCUT2D eigenvalue weighted by molar-refractivity contribution is -0.138. The van der Waals surface area contributed by atoms with Crippen molar-refractivity contribution in [1.82, 2.24) is 5.32 Å². The highest BCUT2D eigenvalue weighted by molar-refractivity contribution is 6.31. The van der Waals surface area contributed by atoms with Crippen LogP contribution >= 0.6 is 23.2 Å². The van der Waals surface area contributed by atoms with Crippen LogP contribution in [0.1, 0.15) is 101 Å². The maximum absolute atomic E-state index is 16.1. The summed E-state index contributed by atoms with van der Waals surface area (Å²) in [7, 11) is 0. The molecule has 1 amide bonds. The summed E-state index contributed by atoms with van der Waals surface area (Å²) in [5.74, 6) is -1.29. The summed E-state index contributed by atoms with van der Waals surface area (Å²) in [5, 5.41) is 7.36. The van der Waals surface area contributed by atoms with Crippen molar-refractivity contribution >= 4 is 46.4 Å². The second-order valence-corrected chi connectivity index (χ2v) is 14.7. The molecule has 8 rings (SSSR count). The number of fused-ring (bicyclic) bond motifs is 6. The number of hydrogen-bond donors (Lipinski definition) is 2. The summed E-state index contributed by atoms with van der Waals surface area (Å²) in [6.45, 7) is 1.71. The first kappa shape index (κ1) is 28.5. The number of halogens is 3. The Labute approximate surface area is 256 Å². The summed E-state index contributed by atoms with van der Waals surface area (Å²) in [5.41, 5.74) is -0.634. The summed E-state index contributed by atoms with van der Waals surface area (Å²) in [4.78, 5) is 41.7. The average Bonchev–Trinajstić information content (AvgIpc) is 3.43. The third-order valence-electron chi connectivity index (χ3n) is 12.1. The van der Waals surface area contributed by atoms with Gasteiger partial charge in [-0.05, 0) is 93.0 Å². The maximum atomic E-state index is 16.1. The van der Waals surface area contributed by atoms with Crippen LogP contribution in [0.25, 0.3) is 0 Å². The monoisotopic (exact) mass is 610 g/mol. The predicted molar refractivity (Wildman–Crippen MR) is 162 cm³/mol. The number of carbonyl (C=O) groups excluding carboxylic acids is 3. The zero-order chi connectivity index (χ0) is 29.5. The van der Waals surface area contributed by atoms with Gasteiger partial charge >= 0.3 is 0 Å². The van der Waals surface area contributed by atoms with E-state index in [-0.39, 0.29) is 33.3 Å². The number of Topliss-reactive ketones (excluding diaryl/α,β-unsaturated/α-hetero) is 2. The van der Waals surface area contributed by atoms with Crippen LogP contribution in [0, 0.1) is 16.6 Å². The third-order valence-corrected chi connectivity index (χ3v) is 12.6. The van der Waals surface area contributed by atoms with Crippen molar-refractivity contribution in [2.45, 2.75) is 107 Å². The highest BCUT2D eigenvalue weighted by atomic mass is 35.5. The fourth-order valence-electron chi connectivity index (χ4n) is 9.80. The molecule has 0 radical (unpaired) electrons. The predicted octanol–water partition coefficient (Wildman–Crippen LogP) is 7.67. The second-order valence-electron chi connectivity index (χ2n) is 13.8. The molecule has 2 aromatic rings. The van der Waals surface area contributed by atoms with Gasteiger partial charge in [-0.3, -0.25) is 19.7 Å². The number of ketones is 2. The van der Waals surface area contributed by atoms with Gasteiger partial charge in [-0.15, -0.1) is 0 Å². The number of rotatable bonds is 5. The van der Waals surface area contributed by atoms with E-state index in [1.54, 1.807) is 31.2 Å². The molecule has 222 valence electrons. The van der Waals surface area contributed by atoms with Crippen LogP contribution in [0.5, 0.6) is 0 Å². The molecule has 4 aliphatic carbocycles. The topological polar surface area (TPSA) is 75.3 Å². The smallest absolute Gasteiger partial charge is 0.237 e. The summed E-state index contributed by atoms with van der Waals surface area (Å²) in [6, 6.07) is 9.57. The number of nitrogens with one attached hydrogen (secondary N) is 2. The molecule has 6 aliphatic rings. The van der Waals surface area contributed by atoms with Crippen LogP contribution in [-0.2, 0) is 19.8 Å². The Morgan fingerprint density at radius 3 is 2.31 bits per heavy atom. The van der Waals surface area contributed by atoms with E-state index in [9.17, 15) is 14.4 Å². The zero-order valence-corrected chi connectivity index (χ0v) is 25.5. The Hall–Kier alpha value is -2.28. The second kappa shape index (κ2) is 9.87. The van der Waals surface area contributed by atoms with E-state index in [4.69, 9.17) is 23.2 Å². The SMILES string of the molecule is CC(=O)C12CCC(CC(=O)[C@@H]3NC4(CCCCC4)[C@@]4(C(=O)Nc5cc(Cl)ccc54)[C@H]3c3cccc(Cl)c3F)(CC1)CC2. The fourth-order valence-corrected chi connectivity index (χ4v) is 10.2. The first-order chi connectivity index (χ1) is 20.1. The van der Waals surface area contributed by atoms with Crippen molar-refractivity contribution in [3.05, 3.63) is 63.4 Å². The Morgan fingerprint density at radius 1 is 0.952 bits per heavy atom. The molecule has 0 aromatic heterocycles. The number of amides is 1. The van der Waals surface area contributed by atoms with Crippen molar-refractivity contribution in [2.24, 2.45) is 10.8 Å². The lowest BCUT2D eigenvalue weighted by atomic mass is 9.51. The molecule has 2 aliphatic heterocycles. The molecule has 2 aromatic carbocycles. The van der Waals surface area contributed by atoms with E-state index in [1.165, 1.54) is 6.07 Å². The first-order valence-corrected chi connectivity index (χ1v) is 16.2. The molecule has 2 N–H and O–H groups in total. The number of hydrogen-bond acceptors (Lipinski definition) is 4. The molecule has 5 nitrogen and oxygen atoms in total. The third kappa shape index (κ3) is 3.86. The van der Waals surface area contributed by atoms with E-state index in [0.717, 1.165) is 63.4 Å². The van der Waals surface area contributed by atoms with Crippen LogP contribution in [-0.4, -0.2) is 29.1 Å². The van der Waals surface area contributed by atoms with E-state index in [0.29, 0.717) is 35.5 Å². The van der Waals surface area contributed by atoms with Crippen LogP contribution < -0.4 is 10.6 Å². The Bertz CT molecular complexity index is 1480. The van der Waals surface area contributed by atoms with Crippen molar-refractivity contribution < 1.29 is 18.8 Å². The zero-order valence-electron chi connectivity index (χ0n) is 24.0. The maximum Gasteiger partial charge on any atom is 0.237 e. The van der Waals surface area contributed by atoms with Crippen LogP contribution in [0.4, 0.5) is 10.1 Å². The molecule has 5 fully saturated rings. The molecule has 4 saturated carbocycles. The molecular formula is C34H37Cl2FN2O3. The Balaban J connectivity index is 1.37. The van der Waals surface area contributed by atoms with Gasteiger partial charge in [0.2, 0.25) is 5.91 Å². The van der Waals surface area contributed by atoms with Gasteiger partial charge < -0.3 is 5.32 Å². The van der Waals surface area contributed by atoms with Crippen molar-refractivity contribution in [3.63, 3.8) is 0 Å². The standard InChI is InChI=1S/C34H37Cl2FN2O3/c1-20(40)32-15-12-31(13-16-32,14-17-32)19-26(41)29-27(22-6-5-7-24(36)28(22)37)34(33(39-29)10-3-2-4-11-33)23-9-8-21(35)18-25(23)38-30(34)42/h5-9,18,27,29,39H,2-4,10-17,19H2,1H3,(H,38,42)/t27-,29-,31?,32?,34+/m0/s1. The highest BCUT2D eigenvalue weighted by Gasteiger charge is 2.72. The number of benzene rings is 2. The molecule has 2 spiro atoms. The highest BCUT2D eigenvalue weighted by Crippen LogP contribution is 2.64. The van der Waals surface area contributed by atoms with E-state index in [1.807, 2.05) is 6.07 Å². The summed E-state index contributed by atoms with van der Waals surface area (Å²) in [6.07, 6.45) is 9.65. The van der Waals surface area contributed by atoms with Gasteiger partial charge in [0.25, 0.3) is 0 Å². The van der Waals surface area contributed by atoms with Crippen molar-refractivity contribution in [2.75, 3.05) is 5.32 Å². The minimum absolute atomic E-state index is 0.0214. The Kier molecular flexibility index (Phi) is 6.69. The van der Waals surface area contributed by atoms with Gasteiger partial charge in [0.15, 0.2) is 5.78 Å². The van der Waals surface area contributed by atoms with Gasteiger partial charge in [-0.2, -0.15) is 0 Å². The van der Waals surface area contributed by atoms with Gasteiger partial charge in [-0.25, -0.2) is 4.39 Å². The van der Waals surface area contributed by atoms with Crippen molar-refractivity contribution in [1.29, 1.82) is 0 Å². The largest absolute Gasteiger partial charge is 0.325 e. The minimum atomic E-state index is -1.21. The van der Waals surface area contributed by atoms with Gasteiger partial charge in [-0.1, -0.05) is 60.7 Å². The summed E-state index contributed by atoms with van der Waals surface area (Å²) < 4.78 is 16.1. The van der Waals surface area contributed by atoms with Crippen LogP contribution in [0.3, 0.4) is 0 Å². The summed E-state index contributed by atoms with van der Waals surface area (Å²) >= 11 is 12.7. The molecule has 8 heteroatoms. The molecule has 2 heterocycles. The van der Waals surface area contributed by atoms with Crippen LogP contribution in [0.15, 0.2) is 36.4 Å². The van der Waals surface area contributed by atoms with Crippen molar-refractivity contribution in [3.8, 4) is 0 Å².